The summed E-state index contributed by atoms with van der Waals surface area (Å²) < 4.78 is 5.07. The van der Waals surface area contributed by atoms with Crippen molar-refractivity contribution in [1.82, 2.24) is 5.32 Å². The smallest absolute Gasteiger partial charge is 0.291 e. The average Bonchev–Trinajstić information content (AvgIpc) is 3.29. The number of hydrogen-bond acceptors (Lipinski definition) is 3. The number of aryl methyl sites for hydroxylation is 2. The van der Waals surface area contributed by atoms with Crippen LogP contribution in [0.15, 0.2) is 65.3 Å². The second kappa shape index (κ2) is 8.35. The molecule has 1 heterocycles. The first-order chi connectivity index (χ1) is 14.1. The second-order valence-electron chi connectivity index (χ2n) is 7.44. The average molecular weight is 388 g/mol. The van der Waals surface area contributed by atoms with Crippen molar-refractivity contribution in [2.24, 2.45) is 0 Å². The molecule has 4 rings (SSSR count). The number of anilines is 1. The minimum Gasteiger partial charge on any atom is -0.459 e. The van der Waals surface area contributed by atoms with Crippen LogP contribution in [0, 0.1) is 0 Å². The summed E-state index contributed by atoms with van der Waals surface area (Å²) >= 11 is 0. The first-order valence-corrected chi connectivity index (χ1v) is 9.97. The van der Waals surface area contributed by atoms with E-state index < -0.39 is 0 Å². The van der Waals surface area contributed by atoms with Crippen LogP contribution < -0.4 is 10.6 Å². The maximum absolute atomic E-state index is 12.6. The molecule has 3 aromatic rings. The van der Waals surface area contributed by atoms with Gasteiger partial charge in [-0.05, 0) is 85.7 Å². The van der Waals surface area contributed by atoms with E-state index in [0.717, 1.165) is 18.4 Å². The molecule has 0 saturated carbocycles. The van der Waals surface area contributed by atoms with Crippen molar-refractivity contribution >= 4 is 17.5 Å². The van der Waals surface area contributed by atoms with Crippen molar-refractivity contribution in [3.8, 4) is 0 Å². The summed E-state index contributed by atoms with van der Waals surface area (Å²) in [6, 6.07) is 16.5. The van der Waals surface area contributed by atoms with Crippen LogP contribution >= 0.6 is 0 Å². The fourth-order valence-corrected chi connectivity index (χ4v) is 3.69. The fraction of sp³-hybridized carbons (Fsp3) is 0.250. The molecular weight excluding hydrogens is 364 g/mol. The Balaban J connectivity index is 1.38. The molecule has 1 aromatic heterocycles. The molecule has 5 heteroatoms. The number of rotatable bonds is 5. The number of carbonyl (C=O) groups excluding carboxylic acids is 2. The minimum atomic E-state index is -0.326. The number of fused-ring (bicyclic) bond motifs is 1. The summed E-state index contributed by atoms with van der Waals surface area (Å²) in [5.74, 6) is -0.224. The van der Waals surface area contributed by atoms with Gasteiger partial charge in [0.25, 0.3) is 11.8 Å². The highest BCUT2D eigenvalue weighted by molar-refractivity contribution is 6.02. The second-order valence-corrected chi connectivity index (χ2v) is 7.44. The maximum atomic E-state index is 12.6. The van der Waals surface area contributed by atoms with Crippen molar-refractivity contribution in [2.45, 2.75) is 38.6 Å². The molecule has 1 aliphatic rings. The predicted octanol–water partition coefficient (Wildman–Crippen LogP) is 4.90. The molecule has 0 bridgehead atoms. The third kappa shape index (κ3) is 4.40. The van der Waals surface area contributed by atoms with Crippen molar-refractivity contribution < 1.29 is 14.0 Å². The van der Waals surface area contributed by atoms with Gasteiger partial charge in [-0.3, -0.25) is 9.59 Å². The van der Waals surface area contributed by atoms with Crippen LogP contribution in [0.5, 0.6) is 0 Å². The molecule has 1 atom stereocenters. The van der Waals surface area contributed by atoms with Crippen LogP contribution in [0.4, 0.5) is 5.69 Å². The summed E-state index contributed by atoms with van der Waals surface area (Å²) in [6.45, 7) is 2.00. The number of nitrogens with one attached hydrogen (secondary N) is 2. The van der Waals surface area contributed by atoms with E-state index in [2.05, 4.69) is 28.8 Å². The molecule has 0 fully saturated rings. The third-order valence-corrected chi connectivity index (χ3v) is 5.37. The molecule has 0 aliphatic heterocycles. The quantitative estimate of drug-likeness (QED) is 0.653. The van der Waals surface area contributed by atoms with E-state index >= 15 is 0 Å². The normalized spacial score (nSPS) is 14.0. The SMILES string of the molecule is C[C@@H](NC(=O)c1ccc(NC(=O)c2ccco2)cc1)c1ccc2c(c1)CCCC2. The van der Waals surface area contributed by atoms with E-state index in [4.69, 9.17) is 4.42 Å². The standard InChI is InChI=1S/C24H24N2O3/c1-16(19-9-8-17-5-2-3-6-20(17)15-19)25-23(27)18-10-12-21(13-11-18)26-24(28)22-7-4-14-29-22/h4,7-16H,2-3,5-6H2,1H3,(H,25,27)(H,26,28)/t16-/m1/s1. The van der Waals surface area contributed by atoms with Gasteiger partial charge in [-0.2, -0.15) is 0 Å². The van der Waals surface area contributed by atoms with Crippen molar-refractivity contribution in [3.63, 3.8) is 0 Å². The van der Waals surface area contributed by atoms with Gasteiger partial charge in [0.05, 0.1) is 12.3 Å². The molecule has 0 spiro atoms. The number of carbonyl (C=O) groups is 2. The highest BCUT2D eigenvalue weighted by Crippen LogP contribution is 2.25. The van der Waals surface area contributed by atoms with Crippen LogP contribution in [0.3, 0.4) is 0 Å². The molecule has 5 nitrogen and oxygen atoms in total. The molecule has 0 radical (unpaired) electrons. The molecule has 29 heavy (non-hydrogen) atoms. The number of amides is 2. The van der Waals surface area contributed by atoms with Crippen LogP contribution in [-0.4, -0.2) is 11.8 Å². The van der Waals surface area contributed by atoms with Gasteiger partial charge in [-0.25, -0.2) is 0 Å². The molecule has 2 amide bonds. The Morgan fingerprint density at radius 2 is 1.69 bits per heavy atom. The highest BCUT2D eigenvalue weighted by atomic mass is 16.3. The van der Waals surface area contributed by atoms with E-state index in [9.17, 15) is 9.59 Å². The minimum absolute atomic E-state index is 0.0759. The first-order valence-electron chi connectivity index (χ1n) is 9.97. The number of furan rings is 1. The van der Waals surface area contributed by atoms with Crippen molar-refractivity contribution in [3.05, 3.63) is 88.9 Å². The molecule has 2 N–H and O–H groups in total. The lowest BCUT2D eigenvalue weighted by atomic mass is 9.89. The summed E-state index contributed by atoms with van der Waals surface area (Å²) in [6.07, 6.45) is 6.22. The molecule has 0 saturated heterocycles. The van der Waals surface area contributed by atoms with Crippen LogP contribution in [0.25, 0.3) is 0 Å². The van der Waals surface area contributed by atoms with Gasteiger partial charge in [0.15, 0.2) is 5.76 Å². The van der Waals surface area contributed by atoms with Gasteiger partial charge in [0, 0.05) is 11.3 Å². The Labute approximate surface area is 170 Å². The lowest BCUT2D eigenvalue weighted by Crippen LogP contribution is -2.26. The van der Waals surface area contributed by atoms with Crippen LogP contribution in [0.2, 0.25) is 0 Å². The Morgan fingerprint density at radius 3 is 2.41 bits per heavy atom. The Morgan fingerprint density at radius 1 is 0.931 bits per heavy atom. The molecular formula is C24H24N2O3. The van der Waals surface area contributed by atoms with E-state index in [-0.39, 0.29) is 23.6 Å². The zero-order valence-corrected chi connectivity index (χ0v) is 16.4. The van der Waals surface area contributed by atoms with Crippen molar-refractivity contribution in [2.75, 3.05) is 5.32 Å². The lowest BCUT2D eigenvalue weighted by Gasteiger charge is -2.20. The zero-order chi connectivity index (χ0) is 20.2. The highest BCUT2D eigenvalue weighted by Gasteiger charge is 2.15. The van der Waals surface area contributed by atoms with E-state index in [1.165, 1.54) is 30.2 Å². The van der Waals surface area contributed by atoms with E-state index in [1.807, 2.05) is 6.92 Å². The molecule has 1 aliphatic carbocycles. The topological polar surface area (TPSA) is 71.3 Å². The van der Waals surface area contributed by atoms with Gasteiger partial charge in [0.2, 0.25) is 0 Å². The van der Waals surface area contributed by atoms with Gasteiger partial charge in [-0.1, -0.05) is 18.2 Å². The summed E-state index contributed by atoms with van der Waals surface area (Å²) in [5.41, 5.74) is 5.12. The Bertz CT molecular complexity index is 1010. The van der Waals surface area contributed by atoms with Crippen LogP contribution in [-0.2, 0) is 12.8 Å². The lowest BCUT2D eigenvalue weighted by molar-refractivity contribution is 0.0939. The zero-order valence-electron chi connectivity index (χ0n) is 16.4. The summed E-state index contributed by atoms with van der Waals surface area (Å²) in [5, 5.41) is 5.80. The van der Waals surface area contributed by atoms with Gasteiger partial charge >= 0.3 is 0 Å². The first kappa shape index (κ1) is 19.0. The van der Waals surface area contributed by atoms with E-state index in [0.29, 0.717) is 11.3 Å². The Kier molecular flexibility index (Phi) is 5.47. The predicted molar refractivity (Wildman–Crippen MR) is 112 cm³/mol. The summed E-state index contributed by atoms with van der Waals surface area (Å²) in [4.78, 5) is 24.6. The third-order valence-electron chi connectivity index (χ3n) is 5.37. The van der Waals surface area contributed by atoms with Gasteiger partial charge < -0.3 is 15.1 Å². The largest absolute Gasteiger partial charge is 0.459 e. The van der Waals surface area contributed by atoms with Crippen LogP contribution in [0.1, 0.15) is 63.4 Å². The Hall–Kier alpha value is -3.34. The number of benzene rings is 2. The number of hydrogen-bond donors (Lipinski definition) is 2. The van der Waals surface area contributed by atoms with Gasteiger partial charge in [-0.15, -0.1) is 0 Å². The van der Waals surface area contributed by atoms with E-state index in [1.54, 1.807) is 36.4 Å². The van der Waals surface area contributed by atoms with Gasteiger partial charge in [0.1, 0.15) is 0 Å². The summed E-state index contributed by atoms with van der Waals surface area (Å²) in [7, 11) is 0. The van der Waals surface area contributed by atoms with Crippen molar-refractivity contribution in [1.29, 1.82) is 0 Å². The maximum Gasteiger partial charge on any atom is 0.291 e. The molecule has 0 unspecified atom stereocenters. The molecule has 148 valence electrons. The fourth-order valence-electron chi connectivity index (χ4n) is 3.69. The monoisotopic (exact) mass is 388 g/mol. The molecule has 2 aromatic carbocycles.